The molecule has 2 rings (SSSR count). The predicted molar refractivity (Wildman–Crippen MR) is 80.9 cm³/mol. The van der Waals surface area contributed by atoms with Gasteiger partial charge in [-0.1, -0.05) is 11.6 Å². The van der Waals surface area contributed by atoms with E-state index in [9.17, 15) is 9.59 Å². The Morgan fingerprint density at radius 3 is 2.90 bits per heavy atom. The second-order valence-corrected chi connectivity index (χ2v) is 5.72. The summed E-state index contributed by atoms with van der Waals surface area (Å²) in [5.41, 5.74) is 0.481. The second-order valence-electron chi connectivity index (χ2n) is 4.46. The van der Waals surface area contributed by atoms with Crippen LogP contribution in [0.15, 0.2) is 22.7 Å². The van der Waals surface area contributed by atoms with Crippen LogP contribution in [0.5, 0.6) is 0 Å². The molecule has 1 aliphatic heterocycles. The number of benzene rings is 1. The molecule has 1 unspecified atom stereocenters. The number of hydrogen-bond donors (Lipinski definition) is 2. The van der Waals surface area contributed by atoms with Crippen molar-refractivity contribution in [2.75, 3.05) is 26.7 Å². The molecule has 108 valence electrons. The Bertz CT molecular complexity index is 538. The minimum atomic E-state index is -0.497. The molecule has 0 bridgehead atoms. The van der Waals surface area contributed by atoms with Crippen molar-refractivity contribution in [3.63, 3.8) is 0 Å². The standard InChI is InChI=1S/C13H15BrClN3O2/c1-16-12(19)11-7-17-4-5-18(11)13(20)8-2-3-9(14)10(15)6-8/h2-3,6,11,17H,4-5,7H2,1H3,(H,16,19). The number of carbonyl (C=O) groups excluding carboxylic acids is 2. The Morgan fingerprint density at radius 1 is 1.50 bits per heavy atom. The lowest BCUT2D eigenvalue weighted by molar-refractivity contribution is -0.125. The van der Waals surface area contributed by atoms with E-state index in [0.717, 1.165) is 4.47 Å². The molecule has 1 aromatic rings. The molecule has 1 heterocycles. The van der Waals surface area contributed by atoms with Gasteiger partial charge in [0.25, 0.3) is 5.91 Å². The maximum absolute atomic E-state index is 12.5. The quantitative estimate of drug-likeness (QED) is 0.835. The van der Waals surface area contributed by atoms with Crippen LogP contribution in [0.25, 0.3) is 0 Å². The summed E-state index contributed by atoms with van der Waals surface area (Å²) < 4.78 is 0.735. The largest absolute Gasteiger partial charge is 0.357 e. The van der Waals surface area contributed by atoms with Crippen LogP contribution in [0, 0.1) is 0 Å². The van der Waals surface area contributed by atoms with Gasteiger partial charge in [-0.15, -0.1) is 0 Å². The van der Waals surface area contributed by atoms with E-state index in [1.807, 2.05) is 0 Å². The van der Waals surface area contributed by atoms with E-state index in [-0.39, 0.29) is 11.8 Å². The highest BCUT2D eigenvalue weighted by molar-refractivity contribution is 9.10. The van der Waals surface area contributed by atoms with Gasteiger partial charge in [0.05, 0.1) is 5.02 Å². The van der Waals surface area contributed by atoms with Crippen molar-refractivity contribution >= 4 is 39.3 Å². The summed E-state index contributed by atoms with van der Waals surface area (Å²) in [6.07, 6.45) is 0. The van der Waals surface area contributed by atoms with Crippen molar-refractivity contribution in [3.8, 4) is 0 Å². The van der Waals surface area contributed by atoms with Crippen LogP contribution in [0.1, 0.15) is 10.4 Å². The van der Waals surface area contributed by atoms with E-state index < -0.39 is 6.04 Å². The van der Waals surface area contributed by atoms with E-state index in [1.165, 1.54) is 0 Å². The third-order valence-corrected chi connectivity index (χ3v) is 4.45. The summed E-state index contributed by atoms with van der Waals surface area (Å²) in [5, 5.41) is 6.18. The molecule has 5 nitrogen and oxygen atoms in total. The molecule has 1 saturated heterocycles. The Morgan fingerprint density at radius 2 is 2.25 bits per heavy atom. The van der Waals surface area contributed by atoms with Gasteiger partial charge in [0.1, 0.15) is 6.04 Å². The topological polar surface area (TPSA) is 61.4 Å². The van der Waals surface area contributed by atoms with E-state index in [1.54, 1.807) is 30.1 Å². The lowest BCUT2D eigenvalue weighted by Gasteiger charge is -2.35. The first-order valence-electron chi connectivity index (χ1n) is 6.23. The first kappa shape index (κ1) is 15.3. The molecule has 0 aromatic heterocycles. The van der Waals surface area contributed by atoms with Gasteiger partial charge in [-0.05, 0) is 34.1 Å². The number of likely N-dealkylation sites (N-methyl/N-ethyl adjacent to an activating group) is 1. The van der Waals surface area contributed by atoms with Crippen LogP contribution in [0.3, 0.4) is 0 Å². The van der Waals surface area contributed by atoms with Crippen LogP contribution in [-0.2, 0) is 4.79 Å². The SMILES string of the molecule is CNC(=O)C1CNCCN1C(=O)c1ccc(Br)c(Cl)c1. The van der Waals surface area contributed by atoms with Crippen LogP contribution >= 0.6 is 27.5 Å². The summed E-state index contributed by atoms with van der Waals surface area (Å²) in [6.45, 7) is 1.61. The van der Waals surface area contributed by atoms with Gasteiger partial charge in [0, 0.05) is 36.7 Å². The highest BCUT2D eigenvalue weighted by atomic mass is 79.9. The third kappa shape index (κ3) is 3.13. The summed E-state index contributed by atoms with van der Waals surface area (Å²) in [5.74, 6) is -0.358. The summed E-state index contributed by atoms with van der Waals surface area (Å²) in [7, 11) is 1.57. The number of nitrogens with one attached hydrogen (secondary N) is 2. The summed E-state index contributed by atoms with van der Waals surface area (Å²) >= 11 is 9.30. The number of halogens is 2. The molecule has 1 aliphatic rings. The molecule has 1 aromatic carbocycles. The third-order valence-electron chi connectivity index (χ3n) is 3.22. The normalized spacial score (nSPS) is 18.8. The van der Waals surface area contributed by atoms with Crippen molar-refractivity contribution in [2.45, 2.75) is 6.04 Å². The first-order valence-corrected chi connectivity index (χ1v) is 7.40. The number of piperazine rings is 1. The number of hydrogen-bond acceptors (Lipinski definition) is 3. The Labute approximate surface area is 130 Å². The molecule has 2 N–H and O–H groups in total. The molecule has 1 fully saturated rings. The molecule has 0 radical (unpaired) electrons. The number of nitrogens with zero attached hydrogens (tertiary/aromatic N) is 1. The highest BCUT2D eigenvalue weighted by Gasteiger charge is 2.32. The van der Waals surface area contributed by atoms with E-state index in [0.29, 0.717) is 30.2 Å². The van der Waals surface area contributed by atoms with Gasteiger partial charge in [0.15, 0.2) is 0 Å². The zero-order valence-corrected chi connectivity index (χ0v) is 13.3. The second kappa shape index (κ2) is 6.56. The maximum atomic E-state index is 12.5. The van der Waals surface area contributed by atoms with Crippen molar-refractivity contribution < 1.29 is 9.59 Å². The van der Waals surface area contributed by atoms with Gasteiger partial charge in [-0.25, -0.2) is 0 Å². The smallest absolute Gasteiger partial charge is 0.254 e. The zero-order valence-electron chi connectivity index (χ0n) is 11.0. The fourth-order valence-electron chi connectivity index (χ4n) is 2.14. The van der Waals surface area contributed by atoms with Gasteiger partial charge in [-0.2, -0.15) is 0 Å². The van der Waals surface area contributed by atoms with Crippen molar-refractivity contribution in [1.82, 2.24) is 15.5 Å². The average molecular weight is 361 g/mol. The molecule has 7 heteroatoms. The van der Waals surface area contributed by atoms with Gasteiger partial charge in [-0.3, -0.25) is 9.59 Å². The highest BCUT2D eigenvalue weighted by Crippen LogP contribution is 2.24. The molecular weight excluding hydrogens is 346 g/mol. The lowest BCUT2D eigenvalue weighted by atomic mass is 10.1. The predicted octanol–water partition coefficient (Wildman–Crippen LogP) is 1.26. The van der Waals surface area contributed by atoms with Crippen LogP contribution < -0.4 is 10.6 Å². The minimum Gasteiger partial charge on any atom is -0.357 e. The Hall–Kier alpha value is -1.11. The lowest BCUT2D eigenvalue weighted by Crippen LogP contribution is -2.59. The van der Waals surface area contributed by atoms with Crippen LogP contribution in [0.4, 0.5) is 0 Å². The van der Waals surface area contributed by atoms with E-state index >= 15 is 0 Å². The molecule has 0 saturated carbocycles. The van der Waals surface area contributed by atoms with E-state index in [4.69, 9.17) is 11.6 Å². The average Bonchev–Trinajstić information content (AvgIpc) is 2.48. The van der Waals surface area contributed by atoms with E-state index in [2.05, 4.69) is 26.6 Å². The fourth-order valence-corrected chi connectivity index (χ4v) is 2.57. The fraction of sp³-hybridized carbons (Fsp3) is 0.385. The minimum absolute atomic E-state index is 0.172. The van der Waals surface area contributed by atoms with Crippen molar-refractivity contribution in [2.24, 2.45) is 0 Å². The van der Waals surface area contributed by atoms with Crippen molar-refractivity contribution in [3.05, 3.63) is 33.3 Å². The monoisotopic (exact) mass is 359 g/mol. The number of carbonyl (C=O) groups is 2. The first-order chi connectivity index (χ1) is 9.54. The summed E-state index contributed by atoms with van der Waals surface area (Å²) in [6, 6.07) is 4.54. The zero-order chi connectivity index (χ0) is 14.7. The maximum Gasteiger partial charge on any atom is 0.254 e. The van der Waals surface area contributed by atoms with Gasteiger partial charge < -0.3 is 15.5 Å². The van der Waals surface area contributed by atoms with Gasteiger partial charge in [0.2, 0.25) is 5.91 Å². The van der Waals surface area contributed by atoms with Crippen molar-refractivity contribution in [1.29, 1.82) is 0 Å². The van der Waals surface area contributed by atoms with Gasteiger partial charge >= 0.3 is 0 Å². The molecule has 0 aliphatic carbocycles. The molecular formula is C13H15BrClN3O2. The molecule has 0 spiro atoms. The van der Waals surface area contributed by atoms with Crippen LogP contribution in [0.2, 0.25) is 5.02 Å². The van der Waals surface area contributed by atoms with Crippen LogP contribution in [-0.4, -0.2) is 49.4 Å². The Kier molecular flexibility index (Phi) is 5.01. The molecule has 2 amide bonds. The molecule has 20 heavy (non-hydrogen) atoms. The molecule has 1 atom stereocenters. The Balaban J connectivity index is 2.25. The number of amides is 2. The number of rotatable bonds is 2. The summed E-state index contributed by atoms with van der Waals surface area (Å²) in [4.78, 5) is 26.0.